The van der Waals surface area contributed by atoms with Gasteiger partial charge in [0.1, 0.15) is 0 Å². The minimum atomic E-state index is -0.689. The zero-order valence-corrected chi connectivity index (χ0v) is 11.6. The van der Waals surface area contributed by atoms with Crippen LogP contribution >= 0.6 is 11.6 Å². The van der Waals surface area contributed by atoms with Crippen LogP contribution in [-0.2, 0) is 6.54 Å². The summed E-state index contributed by atoms with van der Waals surface area (Å²) in [6, 6.07) is 4.46. The van der Waals surface area contributed by atoms with E-state index in [4.69, 9.17) is 11.6 Å². The van der Waals surface area contributed by atoms with Crippen LogP contribution < -0.4 is 0 Å². The van der Waals surface area contributed by atoms with Gasteiger partial charge in [0.2, 0.25) is 0 Å². The van der Waals surface area contributed by atoms with Gasteiger partial charge in [0.25, 0.3) is 5.69 Å². The highest BCUT2D eigenvalue weighted by molar-refractivity contribution is 6.31. The number of nitro groups is 1. The van der Waals surface area contributed by atoms with E-state index in [-0.39, 0.29) is 5.69 Å². The highest BCUT2D eigenvalue weighted by Crippen LogP contribution is 2.26. The summed E-state index contributed by atoms with van der Waals surface area (Å²) in [6.45, 7) is 3.77. The summed E-state index contributed by atoms with van der Waals surface area (Å²) in [6.07, 6.45) is 1.70. The molecule has 1 aliphatic heterocycles. The topological polar surface area (TPSA) is 66.6 Å². The molecular formula is C13H17ClN2O3. The van der Waals surface area contributed by atoms with Crippen molar-refractivity contribution in [1.29, 1.82) is 0 Å². The van der Waals surface area contributed by atoms with Crippen LogP contribution in [0.1, 0.15) is 25.3 Å². The number of nitrogens with zero attached hydrogens (tertiary/aromatic N) is 2. The van der Waals surface area contributed by atoms with Crippen LogP contribution in [-0.4, -0.2) is 33.6 Å². The first kappa shape index (κ1) is 14.2. The molecule has 0 aromatic heterocycles. The van der Waals surface area contributed by atoms with E-state index in [9.17, 15) is 15.2 Å². The van der Waals surface area contributed by atoms with Gasteiger partial charge >= 0.3 is 0 Å². The monoisotopic (exact) mass is 284 g/mol. The van der Waals surface area contributed by atoms with Crippen molar-refractivity contribution in [2.75, 3.05) is 13.1 Å². The number of rotatable bonds is 3. The number of nitro benzene ring substituents is 1. The van der Waals surface area contributed by atoms with Crippen molar-refractivity contribution in [2.24, 2.45) is 0 Å². The normalized spacial score (nSPS) is 24.4. The number of benzene rings is 1. The maximum Gasteiger partial charge on any atom is 0.269 e. The Kier molecular flexibility index (Phi) is 4.08. The number of non-ortho nitro benzene ring substituents is 1. The van der Waals surface area contributed by atoms with Crippen molar-refractivity contribution < 1.29 is 10.0 Å². The van der Waals surface area contributed by atoms with Gasteiger partial charge in [-0.3, -0.25) is 15.0 Å². The molecule has 0 amide bonds. The number of β-amino-alcohol motifs (C(OH)–C–C–N with tert-alkyl or cyclic N) is 1. The van der Waals surface area contributed by atoms with Gasteiger partial charge in [-0.15, -0.1) is 0 Å². The van der Waals surface area contributed by atoms with Crippen LogP contribution in [0.2, 0.25) is 5.02 Å². The third kappa shape index (κ3) is 3.65. The van der Waals surface area contributed by atoms with Gasteiger partial charge in [0, 0.05) is 30.2 Å². The Hall–Kier alpha value is -1.17. The van der Waals surface area contributed by atoms with Crippen LogP contribution in [0.4, 0.5) is 5.69 Å². The summed E-state index contributed by atoms with van der Waals surface area (Å²) in [5.41, 5.74) is 0.0857. The molecule has 5 nitrogen and oxygen atoms in total. The molecule has 1 unspecified atom stereocenters. The Morgan fingerprint density at radius 1 is 1.58 bits per heavy atom. The smallest absolute Gasteiger partial charge is 0.269 e. The molecule has 1 fully saturated rings. The van der Waals surface area contributed by atoms with Gasteiger partial charge in [-0.2, -0.15) is 0 Å². The maximum absolute atomic E-state index is 10.8. The van der Waals surface area contributed by atoms with Gasteiger partial charge in [0.05, 0.1) is 10.5 Å². The van der Waals surface area contributed by atoms with E-state index in [1.54, 1.807) is 6.07 Å². The third-order valence-electron chi connectivity index (χ3n) is 3.39. The van der Waals surface area contributed by atoms with Crippen LogP contribution in [0.25, 0.3) is 0 Å². The summed E-state index contributed by atoms with van der Waals surface area (Å²) in [5, 5.41) is 21.3. The van der Waals surface area contributed by atoms with E-state index < -0.39 is 10.5 Å². The maximum atomic E-state index is 10.8. The molecule has 1 saturated heterocycles. The molecule has 0 spiro atoms. The van der Waals surface area contributed by atoms with Gasteiger partial charge in [0.15, 0.2) is 0 Å². The van der Waals surface area contributed by atoms with E-state index in [1.807, 2.05) is 6.92 Å². The lowest BCUT2D eigenvalue weighted by molar-refractivity contribution is -0.384. The Bertz CT molecular complexity index is 491. The molecule has 1 atom stereocenters. The van der Waals surface area contributed by atoms with Crippen LogP contribution in [0.15, 0.2) is 18.2 Å². The fourth-order valence-corrected chi connectivity index (χ4v) is 2.67. The van der Waals surface area contributed by atoms with Gasteiger partial charge in [-0.05, 0) is 37.9 Å². The van der Waals surface area contributed by atoms with Crippen molar-refractivity contribution in [3.8, 4) is 0 Å². The molecule has 1 aromatic carbocycles. The van der Waals surface area contributed by atoms with Crippen molar-refractivity contribution in [2.45, 2.75) is 31.9 Å². The van der Waals surface area contributed by atoms with Crippen molar-refractivity contribution in [3.05, 3.63) is 38.9 Å². The highest BCUT2D eigenvalue weighted by atomic mass is 35.5. The second-order valence-corrected chi connectivity index (χ2v) is 5.75. The standard InChI is InChI=1S/C13H17ClN2O3/c1-13(17)5-2-6-15(9-13)8-10-7-11(16(18)19)3-4-12(10)14/h3-4,7,17H,2,5-6,8-9H2,1H3. The highest BCUT2D eigenvalue weighted by Gasteiger charge is 2.28. The lowest BCUT2D eigenvalue weighted by Gasteiger charge is -2.36. The molecule has 104 valence electrons. The largest absolute Gasteiger partial charge is 0.389 e. The van der Waals surface area contributed by atoms with E-state index in [0.29, 0.717) is 18.1 Å². The number of hydrogen-bond acceptors (Lipinski definition) is 4. The molecule has 0 saturated carbocycles. The van der Waals surface area contributed by atoms with Gasteiger partial charge < -0.3 is 5.11 Å². The van der Waals surface area contributed by atoms with Crippen molar-refractivity contribution in [3.63, 3.8) is 0 Å². The second-order valence-electron chi connectivity index (χ2n) is 5.34. The molecular weight excluding hydrogens is 268 g/mol. The van der Waals surface area contributed by atoms with E-state index in [1.165, 1.54) is 12.1 Å². The minimum Gasteiger partial charge on any atom is -0.389 e. The molecule has 1 aliphatic rings. The summed E-state index contributed by atoms with van der Waals surface area (Å²) >= 11 is 6.08. The quantitative estimate of drug-likeness (QED) is 0.684. The van der Waals surface area contributed by atoms with E-state index in [0.717, 1.165) is 24.9 Å². The second kappa shape index (κ2) is 5.45. The third-order valence-corrected chi connectivity index (χ3v) is 3.76. The molecule has 6 heteroatoms. The zero-order chi connectivity index (χ0) is 14.0. The lowest BCUT2D eigenvalue weighted by Crippen LogP contribution is -2.45. The van der Waals surface area contributed by atoms with Gasteiger partial charge in [-0.1, -0.05) is 11.6 Å². The first-order valence-electron chi connectivity index (χ1n) is 6.25. The molecule has 1 aromatic rings. The predicted octanol–water partition coefficient (Wildman–Crippen LogP) is 2.60. The lowest BCUT2D eigenvalue weighted by atomic mass is 9.95. The fourth-order valence-electron chi connectivity index (χ4n) is 2.50. The van der Waals surface area contributed by atoms with Crippen molar-refractivity contribution >= 4 is 17.3 Å². The van der Waals surface area contributed by atoms with Crippen LogP contribution in [0.5, 0.6) is 0 Å². The molecule has 19 heavy (non-hydrogen) atoms. The number of halogens is 1. The van der Waals surface area contributed by atoms with Crippen LogP contribution in [0, 0.1) is 10.1 Å². The number of likely N-dealkylation sites (tertiary alicyclic amines) is 1. The zero-order valence-electron chi connectivity index (χ0n) is 10.8. The Morgan fingerprint density at radius 2 is 2.32 bits per heavy atom. The molecule has 0 aliphatic carbocycles. The Morgan fingerprint density at radius 3 is 2.95 bits per heavy atom. The Labute approximate surface area is 116 Å². The first-order chi connectivity index (χ1) is 8.87. The summed E-state index contributed by atoms with van der Waals surface area (Å²) < 4.78 is 0. The van der Waals surface area contributed by atoms with Gasteiger partial charge in [-0.25, -0.2) is 0 Å². The van der Waals surface area contributed by atoms with E-state index >= 15 is 0 Å². The van der Waals surface area contributed by atoms with Crippen LogP contribution in [0.3, 0.4) is 0 Å². The first-order valence-corrected chi connectivity index (χ1v) is 6.63. The SMILES string of the molecule is CC1(O)CCCN(Cc2cc([N+](=O)[O-])ccc2Cl)C1. The fraction of sp³-hybridized carbons (Fsp3) is 0.538. The number of hydrogen-bond donors (Lipinski definition) is 1. The Balaban J connectivity index is 2.14. The van der Waals surface area contributed by atoms with E-state index in [2.05, 4.69) is 4.90 Å². The molecule has 1 N–H and O–H groups in total. The predicted molar refractivity (Wildman–Crippen MR) is 73.2 cm³/mol. The number of piperidine rings is 1. The molecule has 1 heterocycles. The molecule has 2 rings (SSSR count). The molecule has 0 radical (unpaired) electrons. The average Bonchev–Trinajstić information content (AvgIpc) is 2.30. The minimum absolute atomic E-state index is 0.0446. The summed E-state index contributed by atoms with van der Waals surface area (Å²) in [4.78, 5) is 12.4. The van der Waals surface area contributed by atoms with Crippen molar-refractivity contribution in [1.82, 2.24) is 4.90 Å². The summed E-state index contributed by atoms with van der Waals surface area (Å²) in [5.74, 6) is 0. The molecule has 0 bridgehead atoms. The number of aliphatic hydroxyl groups is 1. The summed E-state index contributed by atoms with van der Waals surface area (Å²) in [7, 11) is 0. The average molecular weight is 285 g/mol.